The van der Waals surface area contributed by atoms with E-state index in [1.54, 1.807) is 6.07 Å². The van der Waals surface area contributed by atoms with Gasteiger partial charge in [0.1, 0.15) is 0 Å². The van der Waals surface area contributed by atoms with Crippen LogP contribution in [0.3, 0.4) is 0 Å². The van der Waals surface area contributed by atoms with Crippen LogP contribution in [-0.2, 0) is 6.54 Å². The van der Waals surface area contributed by atoms with E-state index in [0.717, 1.165) is 0 Å². The van der Waals surface area contributed by atoms with Crippen molar-refractivity contribution in [1.82, 2.24) is 4.98 Å². The molecule has 0 unspecified atom stereocenters. The maximum atomic E-state index is 11.8. The molecule has 0 fully saturated rings. The van der Waals surface area contributed by atoms with Crippen LogP contribution in [-0.4, -0.2) is 25.1 Å². The zero-order valence-corrected chi connectivity index (χ0v) is 8.24. The number of halogens is 2. The monoisotopic (exact) mass is 218 g/mol. The van der Waals surface area contributed by atoms with Gasteiger partial charge in [-0.3, -0.25) is 0 Å². The summed E-state index contributed by atoms with van der Waals surface area (Å²) in [5, 5.41) is 0. The number of methoxy groups -OCH3 is 1. The molecule has 4 nitrogen and oxygen atoms in total. The Labute approximate surface area is 86.0 Å². The predicted octanol–water partition coefficient (Wildman–Crippen LogP) is 1.19. The van der Waals surface area contributed by atoms with Crippen molar-refractivity contribution in [2.75, 3.05) is 13.7 Å². The number of alkyl halides is 2. The topological polar surface area (TPSA) is 57.4 Å². The van der Waals surface area contributed by atoms with Crippen LogP contribution in [0.5, 0.6) is 11.8 Å². The highest BCUT2D eigenvalue weighted by molar-refractivity contribution is 5.30. The molecule has 0 amide bonds. The van der Waals surface area contributed by atoms with E-state index < -0.39 is 13.0 Å². The minimum Gasteiger partial charge on any atom is -0.481 e. The SMILES string of the molecule is COc1nc(OCC(F)F)ccc1CN. The van der Waals surface area contributed by atoms with Crippen molar-refractivity contribution < 1.29 is 18.3 Å². The summed E-state index contributed by atoms with van der Waals surface area (Å²) in [6.07, 6.45) is -2.52. The molecule has 1 aromatic rings. The molecule has 0 aliphatic rings. The van der Waals surface area contributed by atoms with Crippen LogP contribution < -0.4 is 15.2 Å². The average molecular weight is 218 g/mol. The van der Waals surface area contributed by atoms with E-state index in [2.05, 4.69) is 4.98 Å². The summed E-state index contributed by atoms with van der Waals surface area (Å²) in [6, 6.07) is 3.11. The molecule has 15 heavy (non-hydrogen) atoms. The second-order valence-corrected chi connectivity index (χ2v) is 2.72. The quantitative estimate of drug-likeness (QED) is 0.806. The number of ether oxygens (including phenoxy) is 2. The van der Waals surface area contributed by atoms with Gasteiger partial charge in [-0.15, -0.1) is 0 Å². The summed E-state index contributed by atoms with van der Waals surface area (Å²) in [7, 11) is 1.43. The van der Waals surface area contributed by atoms with E-state index in [1.807, 2.05) is 0 Å². The smallest absolute Gasteiger partial charge is 0.272 e. The van der Waals surface area contributed by atoms with E-state index in [-0.39, 0.29) is 12.4 Å². The normalized spacial score (nSPS) is 10.5. The molecule has 0 aromatic carbocycles. The third-order valence-electron chi connectivity index (χ3n) is 1.68. The first kappa shape index (κ1) is 11.6. The second-order valence-electron chi connectivity index (χ2n) is 2.72. The lowest BCUT2D eigenvalue weighted by atomic mass is 10.3. The van der Waals surface area contributed by atoms with Crippen molar-refractivity contribution >= 4 is 0 Å². The number of pyridine rings is 1. The fraction of sp³-hybridized carbons (Fsp3) is 0.444. The van der Waals surface area contributed by atoms with Crippen molar-refractivity contribution in [3.8, 4) is 11.8 Å². The Morgan fingerprint density at radius 3 is 2.73 bits per heavy atom. The number of hydrogen-bond acceptors (Lipinski definition) is 4. The lowest BCUT2D eigenvalue weighted by molar-refractivity contribution is 0.0792. The van der Waals surface area contributed by atoms with Gasteiger partial charge in [0.25, 0.3) is 6.43 Å². The maximum Gasteiger partial charge on any atom is 0.272 e. The van der Waals surface area contributed by atoms with Gasteiger partial charge in [-0.2, -0.15) is 4.98 Å². The molecule has 1 aromatic heterocycles. The lowest BCUT2D eigenvalue weighted by Crippen LogP contribution is -2.09. The first-order valence-electron chi connectivity index (χ1n) is 4.32. The molecule has 0 aliphatic carbocycles. The first-order valence-corrected chi connectivity index (χ1v) is 4.32. The summed E-state index contributed by atoms with van der Waals surface area (Å²) in [5.74, 6) is 0.397. The fourth-order valence-electron chi connectivity index (χ4n) is 1.01. The molecule has 0 bridgehead atoms. The highest BCUT2D eigenvalue weighted by Gasteiger charge is 2.08. The Morgan fingerprint density at radius 1 is 1.47 bits per heavy atom. The van der Waals surface area contributed by atoms with Gasteiger partial charge in [-0.25, -0.2) is 8.78 Å². The Hall–Kier alpha value is -1.43. The van der Waals surface area contributed by atoms with Crippen LogP contribution >= 0.6 is 0 Å². The summed E-state index contributed by atoms with van der Waals surface area (Å²) in [4.78, 5) is 3.88. The Bertz CT molecular complexity index is 321. The minimum absolute atomic E-state index is 0.101. The zero-order valence-electron chi connectivity index (χ0n) is 8.24. The van der Waals surface area contributed by atoms with Gasteiger partial charge in [-0.1, -0.05) is 0 Å². The van der Waals surface area contributed by atoms with Crippen molar-refractivity contribution in [1.29, 1.82) is 0 Å². The summed E-state index contributed by atoms with van der Waals surface area (Å²) >= 11 is 0. The van der Waals surface area contributed by atoms with E-state index in [0.29, 0.717) is 11.4 Å². The molecule has 0 saturated heterocycles. The molecular formula is C9H12F2N2O2. The van der Waals surface area contributed by atoms with E-state index in [4.69, 9.17) is 15.2 Å². The van der Waals surface area contributed by atoms with Gasteiger partial charge in [0.05, 0.1) is 7.11 Å². The van der Waals surface area contributed by atoms with Crippen LogP contribution in [0.25, 0.3) is 0 Å². The highest BCUT2D eigenvalue weighted by Crippen LogP contribution is 2.19. The summed E-state index contributed by atoms with van der Waals surface area (Å²) in [6.45, 7) is -0.413. The molecular weight excluding hydrogens is 206 g/mol. The molecule has 6 heteroatoms. The van der Waals surface area contributed by atoms with Crippen molar-refractivity contribution in [3.05, 3.63) is 17.7 Å². The van der Waals surface area contributed by atoms with Gasteiger partial charge in [-0.05, 0) is 6.07 Å². The van der Waals surface area contributed by atoms with Gasteiger partial charge in [0, 0.05) is 18.2 Å². The van der Waals surface area contributed by atoms with E-state index >= 15 is 0 Å². The fourth-order valence-corrected chi connectivity index (χ4v) is 1.01. The molecule has 1 rings (SSSR count). The number of hydrogen-bond donors (Lipinski definition) is 1. The van der Waals surface area contributed by atoms with Crippen LogP contribution in [0.4, 0.5) is 8.78 Å². The summed E-state index contributed by atoms with van der Waals surface area (Å²) < 4.78 is 33.3. The van der Waals surface area contributed by atoms with Gasteiger partial charge in [0.15, 0.2) is 6.61 Å². The van der Waals surface area contributed by atoms with Crippen LogP contribution in [0.2, 0.25) is 0 Å². The van der Waals surface area contributed by atoms with Crippen molar-refractivity contribution in [3.63, 3.8) is 0 Å². The lowest BCUT2D eigenvalue weighted by Gasteiger charge is -2.08. The largest absolute Gasteiger partial charge is 0.481 e. The molecule has 0 spiro atoms. The number of aromatic nitrogens is 1. The number of rotatable bonds is 5. The van der Waals surface area contributed by atoms with Gasteiger partial charge >= 0.3 is 0 Å². The molecule has 0 radical (unpaired) electrons. The van der Waals surface area contributed by atoms with Crippen LogP contribution in [0.1, 0.15) is 5.56 Å². The Balaban J connectivity index is 2.74. The van der Waals surface area contributed by atoms with E-state index in [9.17, 15) is 8.78 Å². The highest BCUT2D eigenvalue weighted by atomic mass is 19.3. The standard InChI is InChI=1S/C9H12F2N2O2/c1-14-9-6(4-12)2-3-8(13-9)15-5-7(10)11/h2-3,7H,4-5,12H2,1H3. The van der Waals surface area contributed by atoms with Crippen LogP contribution in [0, 0.1) is 0 Å². The van der Waals surface area contributed by atoms with Crippen molar-refractivity contribution in [2.45, 2.75) is 13.0 Å². The second kappa shape index (κ2) is 5.45. The zero-order chi connectivity index (χ0) is 11.3. The maximum absolute atomic E-state index is 11.8. The molecule has 0 aliphatic heterocycles. The Morgan fingerprint density at radius 2 is 2.20 bits per heavy atom. The van der Waals surface area contributed by atoms with Gasteiger partial charge in [0.2, 0.25) is 11.8 Å². The molecule has 84 valence electrons. The molecule has 1 heterocycles. The molecule has 2 N–H and O–H groups in total. The number of nitrogens with zero attached hydrogens (tertiary/aromatic N) is 1. The minimum atomic E-state index is -2.52. The van der Waals surface area contributed by atoms with Gasteiger partial charge < -0.3 is 15.2 Å². The average Bonchev–Trinajstić information content (AvgIpc) is 2.25. The van der Waals surface area contributed by atoms with Crippen LogP contribution in [0.15, 0.2) is 12.1 Å². The Kier molecular flexibility index (Phi) is 4.23. The predicted molar refractivity (Wildman–Crippen MR) is 50.2 cm³/mol. The van der Waals surface area contributed by atoms with Crippen molar-refractivity contribution in [2.24, 2.45) is 5.73 Å². The third kappa shape index (κ3) is 3.32. The molecule has 0 saturated carbocycles. The summed E-state index contributed by atoms with van der Waals surface area (Å²) in [5.41, 5.74) is 6.11. The molecule has 0 atom stereocenters. The third-order valence-corrected chi connectivity index (χ3v) is 1.68. The number of nitrogens with two attached hydrogens (primary N) is 1. The van der Waals surface area contributed by atoms with E-state index in [1.165, 1.54) is 13.2 Å². The first-order chi connectivity index (χ1) is 7.17.